The van der Waals surface area contributed by atoms with Gasteiger partial charge in [-0.25, -0.2) is 4.98 Å². The molecular formula is C12H18N6O. The van der Waals surface area contributed by atoms with Crippen LogP contribution in [-0.4, -0.2) is 56.1 Å². The lowest BCUT2D eigenvalue weighted by Gasteiger charge is -2.31. The van der Waals surface area contributed by atoms with Crippen LogP contribution in [0.25, 0.3) is 0 Å². The SMILES string of the molecule is Cc1nc([C@@H]2CN(CCn3cccn3)CCO2)n[nH]1. The van der Waals surface area contributed by atoms with E-state index in [2.05, 4.69) is 25.2 Å². The van der Waals surface area contributed by atoms with Crippen molar-refractivity contribution in [1.82, 2.24) is 29.9 Å². The molecule has 7 heteroatoms. The highest BCUT2D eigenvalue weighted by atomic mass is 16.5. The summed E-state index contributed by atoms with van der Waals surface area (Å²) in [6.07, 6.45) is 3.76. The largest absolute Gasteiger partial charge is 0.367 e. The van der Waals surface area contributed by atoms with Gasteiger partial charge in [-0.05, 0) is 13.0 Å². The third-order valence-electron chi connectivity index (χ3n) is 3.26. The number of aryl methyl sites for hydroxylation is 1. The molecule has 3 rings (SSSR count). The monoisotopic (exact) mass is 262 g/mol. The Bertz CT molecular complexity index is 508. The van der Waals surface area contributed by atoms with Gasteiger partial charge in [0.15, 0.2) is 5.82 Å². The van der Waals surface area contributed by atoms with Crippen LogP contribution in [0.5, 0.6) is 0 Å². The second-order valence-electron chi connectivity index (χ2n) is 4.71. The lowest BCUT2D eigenvalue weighted by atomic mass is 10.2. The van der Waals surface area contributed by atoms with Gasteiger partial charge in [0.05, 0.1) is 13.2 Å². The summed E-state index contributed by atoms with van der Waals surface area (Å²) in [5.74, 6) is 1.58. The minimum Gasteiger partial charge on any atom is -0.367 e. The Balaban J connectivity index is 1.56. The Morgan fingerprint density at radius 2 is 2.42 bits per heavy atom. The van der Waals surface area contributed by atoms with Crippen molar-refractivity contribution in [3.8, 4) is 0 Å². The number of H-pyrrole nitrogens is 1. The average Bonchev–Trinajstić information content (AvgIpc) is 3.08. The van der Waals surface area contributed by atoms with Crippen molar-refractivity contribution in [1.29, 1.82) is 0 Å². The quantitative estimate of drug-likeness (QED) is 0.862. The second-order valence-corrected chi connectivity index (χ2v) is 4.71. The zero-order chi connectivity index (χ0) is 13.1. The van der Waals surface area contributed by atoms with E-state index in [1.807, 2.05) is 23.9 Å². The van der Waals surface area contributed by atoms with Gasteiger partial charge in [-0.1, -0.05) is 0 Å². The Hall–Kier alpha value is -1.73. The zero-order valence-corrected chi connectivity index (χ0v) is 11.0. The summed E-state index contributed by atoms with van der Waals surface area (Å²) in [5.41, 5.74) is 0. The van der Waals surface area contributed by atoms with Gasteiger partial charge < -0.3 is 4.74 Å². The fraction of sp³-hybridized carbons (Fsp3) is 0.583. The van der Waals surface area contributed by atoms with Crippen LogP contribution in [0.15, 0.2) is 18.5 Å². The minimum atomic E-state index is -0.0312. The number of aromatic amines is 1. The Kier molecular flexibility index (Phi) is 3.56. The maximum atomic E-state index is 5.74. The maximum Gasteiger partial charge on any atom is 0.180 e. The van der Waals surface area contributed by atoms with Crippen molar-refractivity contribution in [3.05, 3.63) is 30.1 Å². The van der Waals surface area contributed by atoms with Crippen LogP contribution in [0.3, 0.4) is 0 Å². The molecule has 2 aromatic rings. The van der Waals surface area contributed by atoms with Crippen LogP contribution in [0.2, 0.25) is 0 Å². The molecule has 0 spiro atoms. The summed E-state index contributed by atoms with van der Waals surface area (Å²) in [6.45, 7) is 6.25. The van der Waals surface area contributed by atoms with Gasteiger partial charge in [-0.15, -0.1) is 0 Å². The molecule has 1 saturated heterocycles. The molecule has 0 bridgehead atoms. The summed E-state index contributed by atoms with van der Waals surface area (Å²) >= 11 is 0. The van der Waals surface area contributed by atoms with Gasteiger partial charge in [0, 0.05) is 32.0 Å². The molecule has 0 aliphatic carbocycles. The lowest BCUT2D eigenvalue weighted by molar-refractivity contribution is -0.0352. The third-order valence-corrected chi connectivity index (χ3v) is 3.26. The third kappa shape index (κ3) is 2.99. The molecule has 1 fully saturated rings. The number of rotatable bonds is 4. The summed E-state index contributed by atoms with van der Waals surface area (Å²) in [7, 11) is 0. The van der Waals surface area contributed by atoms with Crippen molar-refractivity contribution >= 4 is 0 Å². The fourth-order valence-electron chi connectivity index (χ4n) is 2.24. The van der Waals surface area contributed by atoms with Crippen LogP contribution in [0.4, 0.5) is 0 Å². The van der Waals surface area contributed by atoms with E-state index >= 15 is 0 Å². The molecule has 7 nitrogen and oxygen atoms in total. The van der Waals surface area contributed by atoms with Crippen molar-refractivity contribution in [3.63, 3.8) is 0 Å². The molecule has 3 heterocycles. The molecule has 0 radical (unpaired) electrons. The van der Waals surface area contributed by atoms with Crippen molar-refractivity contribution in [2.75, 3.05) is 26.2 Å². The number of nitrogens with zero attached hydrogens (tertiary/aromatic N) is 5. The first-order chi connectivity index (χ1) is 9.31. The molecule has 0 saturated carbocycles. The zero-order valence-electron chi connectivity index (χ0n) is 11.0. The van der Waals surface area contributed by atoms with Gasteiger partial charge in [-0.2, -0.15) is 10.2 Å². The van der Waals surface area contributed by atoms with Crippen LogP contribution in [0, 0.1) is 6.92 Å². The van der Waals surface area contributed by atoms with E-state index < -0.39 is 0 Å². The van der Waals surface area contributed by atoms with E-state index in [1.165, 1.54) is 0 Å². The highest BCUT2D eigenvalue weighted by Crippen LogP contribution is 2.18. The van der Waals surface area contributed by atoms with Gasteiger partial charge in [0.1, 0.15) is 11.9 Å². The molecule has 19 heavy (non-hydrogen) atoms. The average molecular weight is 262 g/mol. The van der Waals surface area contributed by atoms with Gasteiger partial charge in [0.25, 0.3) is 0 Å². The fourth-order valence-corrected chi connectivity index (χ4v) is 2.24. The van der Waals surface area contributed by atoms with Gasteiger partial charge in [-0.3, -0.25) is 14.7 Å². The van der Waals surface area contributed by atoms with E-state index in [0.29, 0.717) is 0 Å². The number of aromatic nitrogens is 5. The van der Waals surface area contributed by atoms with Crippen molar-refractivity contribution < 1.29 is 4.74 Å². The normalized spacial score (nSPS) is 20.8. The summed E-state index contributed by atoms with van der Waals surface area (Å²) in [6, 6.07) is 1.94. The molecule has 2 aromatic heterocycles. The Morgan fingerprint density at radius 1 is 1.47 bits per heavy atom. The van der Waals surface area contributed by atoms with Gasteiger partial charge in [0.2, 0.25) is 0 Å². The molecule has 0 aromatic carbocycles. The van der Waals surface area contributed by atoms with E-state index in [-0.39, 0.29) is 6.10 Å². The number of hydrogen-bond donors (Lipinski definition) is 1. The minimum absolute atomic E-state index is 0.0312. The Labute approximate surface area is 111 Å². The number of morpholine rings is 1. The molecule has 1 atom stereocenters. The summed E-state index contributed by atoms with van der Waals surface area (Å²) < 4.78 is 7.68. The van der Waals surface area contributed by atoms with Crippen LogP contribution < -0.4 is 0 Å². The molecule has 1 aliphatic rings. The number of nitrogens with one attached hydrogen (secondary N) is 1. The van der Waals surface area contributed by atoms with Gasteiger partial charge >= 0.3 is 0 Å². The summed E-state index contributed by atoms with van der Waals surface area (Å²) in [5, 5.41) is 11.3. The van der Waals surface area contributed by atoms with Crippen molar-refractivity contribution in [2.24, 2.45) is 0 Å². The second kappa shape index (κ2) is 5.50. The molecule has 0 amide bonds. The predicted molar refractivity (Wildman–Crippen MR) is 68.5 cm³/mol. The molecule has 0 unspecified atom stereocenters. The summed E-state index contributed by atoms with van der Waals surface area (Å²) in [4.78, 5) is 6.71. The molecule has 102 valence electrons. The van der Waals surface area contributed by atoms with E-state index in [9.17, 15) is 0 Å². The van der Waals surface area contributed by atoms with Crippen molar-refractivity contribution in [2.45, 2.75) is 19.6 Å². The first kappa shape index (κ1) is 12.3. The smallest absolute Gasteiger partial charge is 0.180 e. The topological polar surface area (TPSA) is 71.9 Å². The first-order valence-corrected chi connectivity index (χ1v) is 6.51. The Morgan fingerprint density at radius 3 is 3.16 bits per heavy atom. The maximum absolute atomic E-state index is 5.74. The number of hydrogen-bond acceptors (Lipinski definition) is 5. The lowest BCUT2D eigenvalue weighted by Crippen LogP contribution is -2.40. The van der Waals surface area contributed by atoms with E-state index in [0.717, 1.165) is 44.4 Å². The first-order valence-electron chi connectivity index (χ1n) is 6.51. The molecular weight excluding hydrogens is 244 g/mol. The highest BCUT2D eigenvalue weighted by molar-refractivity contribution is 4.95. The van der Waals surface area contributed by atoms with E-state index in [1.54, 1.807) is 6.20 Å². The van der Waals surface area contributed by atoms with Crippen LogP contribution in [-0.2, 0) is 11.3 Å². The van der Waals surface area contributed by atoms with Crippen LogP contribution >= 0.6 is 0 Å². The molecule has 1 aliphatic heterocycles. The highest BCUT2D eigenvalue weighted by Gasteiger charge is 2.24. The van der Waals surface area contributed by atoms with E-state index in [4.69, 9.17) is 4.74 Å². The van der Waals surface area contributed by atoms with Crippen LogP contribution in [0.1, 0.15) is 17.8 Å². The number of ether oxygens (including phenoxy) is 1. The molecule has 1 N–H and O–H groups in total. The standard InChI is InChI=1S/C12H18N6O/c1-10-14-12(16-15-10)11-9-17(7-8-19-11)5-6-18-4-2-3-13-18/h2-4,11H,5-9H2,1H3,(H,14,15,16)/t11-/m0/s1. The predicted octanol–water partition coefficient (Wildman–Crippen LogP) is 0.383.